The quantitative estimate of drug-likeness (QED) is 0.570. The van der Waals surface area contributed by atoms with Crippen molar-refractivity contribution in [1.29, 1.82) is 0 Å². The zero-order valence-corrected chi connectivity index (χ0v) is 10.8. The van der Waals surface area contributed by atoms with Crippen LogP contribution < -0.4 is 4.90 Å². The second-order valence-corrected chi connectivity index (χ2v) is 5.84. The average Bonchev–Trinajstić information content (AvgIpc) is 2.53. The molecule has 4 heteroatoms. The van der Waals surface area contributed by atoms with Gasteiger partial charge in [-0.2, -0.15) is 0 Å². The topological polar surface area (TPSA) is 16.1 Å². The van der Waals surface area contributed by atoms with Gasteiger partial charge in [0.1, 0.15) is 5.82 Å². The largest absolute Gasteiger partial charge is 0.356 e. The molecule has 0 amide bonds. The van der Waals surface area contributed by atoms with E-state index < -0.39 is 0 Å². The normalized spacial score (nSPS) is 22.3. The highest BCUT2D eigenvalue weighted by molar-refractivity contribution is 14.1. The number of hydrogen-bond donors (Lipinski definition) is 0. The van der Waals surface area contributed by atoms with Crippen LogP contribution in [0, 0.1) is 0 Å². The first-order valence-electron chi connectivity index (χ1n) is 4.26. The molecule has 2 rings (SSSR count). The molecule has 0 bridgehead atoms. The smallest absolute Gasteiger partial charge is 0.128 e. The summed E-state index contributed by atoms with van der Waals surface area (Å²) in [5.74, 6) is 1.10. The minimum Gasteiger partial charge on any atom is -0.356 e. The van der Waals surface area contributed by atoms with Gasteiger partial charge in [-0.25, -0.2) is 4.98 Å². The van der Waals surface area contributed by atoms with Crippen molar-refractivity contribution >= 4 is 44.3 Å². The van der Waals surface area contributed by atoms with Crippen LogP contribution in [0.4, 0.5) is 5.82 Å². The highest BCUT2D eigenvalue weighted by Gasteiger charge is 2.20. The molecule has 2 nitrogen and oxygen atoms in total. The zero-order valence-electron chi connectivity index (χ0n) is 7.08. The maximum Gasteiger partial charge on any atom is 0.128 e. The minimum absolute atomic E-state index is 0.781. The first kappa shape index (κ1) is 9.71. The Hall–Kier alpha value is 0.160. The van der Waals surface area contributed by atoms with Crippen LogP contribution in [-0.2, 0) is 0 Å². The summed E-state index contributed by atoms with van der Waals surface area (Å²) in [4.78, 5) is 6.71. The van der Waals surface area contributed by atoms with Crippen molar-refractivity contribution in [3.63, 3.8) is 0 Å². The molecular weight excluding hydrogens is 343 g/mol. The summed E-state index contributed by atoms with van der Waals surface area (Å²) in [5.41, 5.74) is 0. The second-order valence-electron chi connectivity index (χ2n) is 3.17. The van der Waals surface area contributed by atoms with Gasteiger partial charge in [-0.3, -0.25) is 0 Å². The van der Waals surface area contributed by atoms with E-state index in [0.717, 1.165) is 27.3 Å². The highest BCUT2D eigenvalue weighted by Crippen LogP contribution is 2.23. The van der Waals surface area contributed by atoms with Crippen LogP contribution in [0.15, 0.2) is 22.8 Å². The lowest BCUT2D eigenvalue weighted by Crippen LogP contribution is -2.20. The molecular formula is C9H10BrIN2. The van der Waals surface area contributed by atoms with Gasteiger partial charge in [-0.1, -0.05) is 22.6 Å². The van der Waals surface area contributed by atoms with Crippen molar-refractivity contribution in [3.8, 4) is 0 Å². The molecule has 0 aromatic carbocycles. The highest BCUT2D eigenvalue weighted by atomic mass is 127. The van der Waals surface area contributed by atoms with E-state index in [1.165, 1.54) is 6.42 Å². The van der Waals surface area contributed by atoms with E-state index in [4.69, 9.17) is 0 Å². The van der Waals surface area contributed by atoms with Gasteiger partial charge in [0.25, 0.3) is 0 Å². The van der Waals surface area contributed by atoms with Gasteiger partial charge < -0.3 is 4.90 Å². The Balaban J connectivity index is 2.13. The Labute approximate surface area is 100.0 Å². The summed E-state index contributed by atoms with van der Waals surface area (Å²) in [7, 11) is 0. The van der Waals surface area contributed by atoms with Crippen molar-refractivity contribution in [2.45, 2.75) is 10.3 Å². The first-order valence-corrected chi connectivity index (χ1v) is 6.30. The molecule has 1 fully saturated rings. The summed E-state index contributed by atoms with van der Waals surface area (Å²) in [6.07, 6.45) is 3.13. The lowest BCUT2D eigenvalue weighted by atomic mass is 10.4. The maximum atomic E-state index is 4.37. The van der Waals surface area contributed by atoms with E-state index in [1.54, 1.807) is 0 Å². The Morgan fingerprint density at radius 1 is 1.54 bits per heavy atom. The molecule has 2 heterocycles. The predicted octanol–water partition coefficient (Wildman–Crippen LogP) is 2.86. The lowest BCUT2D eigenvalue weighted by Gasteiger charge is -2.15. The fourth-order valence-electron chi connectivity index (χ4n) is 1.48. The third kappa shape index (κ3) is 2.34. The molecule has 1 aliphatic heterocycles. The number of rotatable bonds is 1. The molecule has 0 spiro atoms. The van der Waals surface area contributed by atoms with Crippen molar-refractivity contribution in [2.24, 2.45) is 0 Å². The first-order chi connectivity index (χ1) is 6.25. The Morgan fingerprint density at radius 3 is 2.92 bits per heavy atom. The fourth-order valence-corrected chi connectivity index (χ4v) is 2.47. The number of hydrogen-bond acceptors (Lipinski definition) is 2. The van der Waals surface area contributed by atoms with Crippen molar-refractivity contribution in [3.05, 3.63) is 22.8 Å². The van der Waals surface area contributed by atoms with E-state index in [0.29, 0.717) is 0 Å². The van der Waals surface area contributed by atoms with Gasteiger partial charge in [0.15, 0.2) is 0 Å². The number of aromatic nitrogens is 1. The standard InChI is InChI=1S/C9H10BrIN2/c10-7-1-2-9(12-5-7)13-4-3-8(11)6-13/h1-2,5,8H,3-4,6H2/t8-/m0/s1. The van der Waals surface area contributed by atoms with Crippen LogP contribution in [-0.4, -0.2) is 22.0 Å². The number of pyridine rings is 1. The van der Waals surface area contributed by atoms with Gasteiger partial charge in [-0.15, -0.1) is 0 Å². The summed E-state index contributed by atoms with van der Waals surface area (Å²) >= 11 is 5.89. The molecule has 70 valence electrons. The van der Waals surface area contributed by atoms with E-state index >= 15 is 0 Å². The fraction of sp³-hybridized carbons (Fsp3) is 0.444. The monoisotopic (exact) mass is 352 g/mol. The summed E-state index contributed by atoms with van der Waals surface area (Å²) in [6, 6.07) is 4.11. The third-order valence-electron chi connectivity index (χ3n) is 2.17. The maximum absolute atomic E-state index is 4.37. The van der Waals surface area contributed by atoms with E-state index in [9.17, 15) is 0 Å². The van der Waals surface area contributed by atoms with Crippen LogP contribution in [0.1, 0.15) is 6.42 Å². The zero-order chi connectivity index (χ0) is 9.26. The van der Waals surface area contributed by atoms with Crippen LogP contribution in [0.2, 0.25) is 0 Å². The molecule has 13 heavy (non-hydrogen) atoms. The van der Waals surface area contributed by atoms with E-state index in [1.807, 2.05) is 12.3 Å². The average molecular weight is 353 g/mol. The van der Waals surface area contributed by atoms with Crippen LogP contribution in [0.25, 0.3) is 0 Å². The molecule has 0 N–H and O–H groups in total. The summed E-state index contributed by atoms with van der Waals surface area (Å²) < 4.78 is 1.82. The molecule has 0 aliphatic carbocycles. The molecule has 1 saturated heterocycles. The predicted molar refractivity (Wildman–Crippen MR) is 66.6 cm³/mol. The minimum atomic E-state index is 0.781. The molecule has 0 radical (unpaired) electrons. The molecule has 1 aliphatic rings. The van der Waals surface area contributed by atoms with Crippen LogP contribution in [0.5, 0.6) is 0 Å². The van der Waals surface area contributed by atoms with E-state index in [2.05, 4.69) is 54.5 Å². The Bertz CT molecular complexity index is 288. The third-order valence-corrected chi connectivity index (χ3v) is 3.65. The Kier molecular flexibility index (Phi) is 3.08. The van der Waals surface area contributed by atoms with Gasteiger partial charge in [-0.05, 0) is 34.5 Å². The Morgan fingerprint density at radius 2 is 2.38 bits per heavy atom. The van der Waals surface area contributed by atoms with Crippen molar-refractivity contribution in [1.82, 2.24) is 4.98 Å². The molecule has 1 aromatic rings. The van der Waals surface area contributed by atoms with Crippen LogP contribution in [0.3, 0.4) is 0 Å². The van der Waals surface area contributed by atoms with Crippen LogP contribution >= 0.6 is 38.5 Å². The molecule has 0 saturated carbocycles. The van der Waals surface area contributed by atoms with Crippen molar-refractivity contribution in [2.75, 3.05) is 18.0 Å². The molecule has 1 aromatic heterocycles. The summed E-state index contributed by atoms with van der Waals surface area (Å²) in [6.45, 7) is 2.28. The lowest BCUT2D eigenvalue weighted by molar-refractivity contribution is 0.937. The molecule has 0 unspecified atom stereocenters. The summed E-state index contributed by atoms with van der Waals surface area (Å²) in [5, 5.41) is 0. The SMILES string of the molecule is Brc1ccc(N2CC[C@H](I)C2)nc1. The van der Waals surface area contributed by atoms with Gasteiger partial charge in [0.05, 0.1) is 0 Å². The van der Waals surface area contributed by atoms with Crippen molar-refractivity contribution < 1.29 is 0 Å². The van der Waals surface area contributed by atoms with Gasteiger partial charge in [0.2, 0.25) is 0 Å². The number of nitrogens with zero attached hydrogens (tertiary/aromatic N) is 2. The van der Waals surface area contributed by atoms with E-state index in [-0.39, 0.29) is 0 Å². The number of halogens is 2. The number of anilines is 1. The molecule has 1 atom stereocenters. The number of alkyl halides is 1. The van der Waals surface area contributed by atoms with Gasteiger partial charge >= 0.3 is 0 Å². The second kappa shape index (κ2) is 4.13. The van der Waals surface area contributed by atoms with Gasteiger partial charge in [0, 0.05) is 27.7 Å².